The van der Waals surface area contributed by atoms with Crippen molar-refractivity contribution >= 4 is 39.3 Å². The number of halogens is 2. The fraction of sp³-hybridized carbons (Fsp3) is 0.481. The molecule has 1 saturated carbocycles. The van der Waals surface area contributed by atoms with Gasteiger partial charge in [0.2, 0.25) is 11.8 Å². The first-order valence-electron chi connectivity index (χ1n) is 13.0. The van der Waals surface area contributed by atoms with Crippen molar-refractivity contribution in [3.8, 4) is 0 Å². The van der Waals surface area contributed by atoms with E-state index in [2.05, 4.69) is 10.0 Å². The van der Waals surface area contributed by atoms with Gasteiger partial charge in [0, 0.05) is 34.9 Å². The molecule has 2 amide bonds. The molecule has 38 heavy (non-hydrogen) atoms. The monoisotopic (exact) mass is 564 g/mol. The zero-order chi connectivity index (χ0) is 27.4. The van der Waals surface area contributed by atoms with Gasteiger partial charge in [-0.2, -0.15) is 17.4 Å². The molecule has 3 unspecified atom stereocenters. The number of carbonyl (C=O) groups is 2. The van der Waals surface area contributed by atoms with Gasteiger partial charge in [-0.3, -0.25) is 14.5 Å². The van der Waals surface area contributed by atoms with Gasteiger partial charge in [-0.1, -0.05) is 69.0 Å². The maximum Gasteiger partial charge on any atom is 0.280 e. The van der Waals surface area contributed by atoms with Gasteiger partial charge in [0.15, 0.2) is 0 Å². The van der Waals surface area contributed by atoms with Crippen LogP contribution in [0.15, 0.2) is 48.5 Å². The van der Waals surface area contributed by atoms with E-state index in [9.17, 15) is 22.4 Å². The maximum absolute atomic E-state index is 14.3. The average Bonchev–Trinajstić information content (AvgIpc) is 3.70. The molecule has 3 atom stereocenters. The van der Waals surface area contributed by atoms with Gasteiger partial charge in [-0.25, -0.2) is 4.39 Å². The Labute approximate surface area is 228 Å². The lowest BCUT2D eigenvalue weighted by Crippen LogP contribution is -2.50. The quantitative estimate of drug-likeness (QED) is 0.423. The summed E-state index contributed by atoms with van der Waals surface area (Å²) in [6.45, 7) is 3.62. The average molecular weight is 565 g/mol. The number of hydrogen-bond acceptors (Lipinski definition) is 4. The number of hydrogen-bond donors (Lipinski definition) is 2. The molecule has 0 radical (unpaired) electrons. The van der Waals surface area contributed by atoms with Gasteiger partial charge in [-0.05, 0) is 43.0 Å². The Morgan fingerprint density at radius 2 is 1.82 bits per heavy atom. The van der Waals surface area contributed by atoms with E-state index >= 15 is 0 Å². The standard InChI is InChI=1S/C27H34ClFN4O4S/c1-18(2)24-17-32(24)38(36,37)30-16-25(34)33(21-12-8-9-19(29)15-21)26(22-13-6-7-14-23(22)28)27(35)31-20-10-4-3-5-11-20/h6-9,12-15,18,20,24,26,30H,3-5,10-11,16-17H2,1-2H3,(H,31,35). The van der Waals surface area contributed by atoms with E-state index in [-0.39, 0.29) is 28.7 Å². The molecule has 4 rings (SSSR count). The molecular formula is C27H34ClFN4O4S. The molecule has 206 valence electrons. The van der Waals surface area contributed by atoms with Crippen LogP contribution in [0.4, 0.5) is 10.1 Å². The SMILES string of the molecule is CC(C)C1CN1S(=O)(=O)NCC(=O)N(c1cccc(F)c1)C(C(=O)NC1CCCCC1)c1ccccc1Cl. The highest BCUT2D eigenvalue weighted by atomic mass is 35.5. The number of nitrogens with zero attached hydrogens (tertiary/aromatic N) is 2. The summed E-state index contributed by atoms with van der Waals surface area (Å²) < 4.78 is 43.6. The summed E-state index contributed by atoms with van der Waals surface area (Å²) in [6, 6.07) is 10.5. The second kappa shape index (κ2) is 12.1. The van der Waals surface area contributed by atoms with Crippen molar-refractivity contribution in [1.82, 2.24) is 14.3 Å². The Bertz CT molecular complexity index is 1270. The van der Waals surface area contributed by atoms with Gasteiger partial charge in [-0.15, -0.1) is 0 Å². The highest BCUT2D eigenvalue weighted by molar-refractivity contribution is 7.87. The Hall–Kier alpha value is -2.53. The molecule has 2 N–H and O–H groups in total. The van der Waals surface area contributed by atoms with Crippen LogP contribution < -0.4 is 14.9 Å². The third-order valence-corrected chi connectivity index (χ3v) is 8.99. The predicted molar refractivity (Wildman–Crippen MR) is 145 cm³/mol. The molecule has 1 saturated heterocycles. The molecule has 0 aromatic heterocycles. The molecular weight excluding hydrogens is 531 g/mol. The number of benzene rings is 2. The summed E-state index contributed by atoms with van der Waals surface area (Å²) in [5, 5.41) is 3.31. The topological polar surface area (TPSA) is 98.6 Å². The normalized spacial score (nSPS) is 20.7. The third kappa shape index (κ3) is 6.72. The van der Waals surface area contributed by atoms with Gasteiger partial charge >= 0.3 is 0 Å². The van der Waals surface area contributed by atoms with Crippen LogP contribution in [0.2, 0.25) is 5.02 Å². The summed E-state index contributed by atoms with van der Waals surface area (Å²) in [4.78, 5) is 28.7. The largest absolute Gasteiger partial charge is 0.351 e. The lowest BCUT2D eigenvalue weighted by Gasteiger charge is -2.34. The van der Waals surface area contributed by atoms with Gasteiger partial charge in [0.1, 0.15) is 11.9 Å². The molecule has 0 bridgehead atoms. The smallest absolute Gasteiger partial charge is 0.280 e. The minimum absolute atomic E-state index is 0.0557. The van der Waals surface area contributed by atoms with Crippen LogP contribution >= 0.6 is 11.6 Å². The molecule has 2 aromatic carbocycles. The minimum atomic E-state index is -3.91. The Morgan fingerprint density at radius 3 is 2.45 bits per heavy atom. The molecule has 2 aromatic rings. The summed E-state index contributed by atoms with van der Waals surface area (Å²) in [5.74, 6) is -1.64. The van der Waals surface area contributed by atoms with Crippen LogP contribution in [-0.2, 0) is 19.8 Å². The summed E-state index contributed by atoms with van der Waals surface area (Å²) in [5.41, 5.74) is 0.471. The van der Waals surface area contributed by atoms with Crippen molar-refractivity contribution in [2.45, 2.75) is 64.1 Å². The fourth-order valence-electron chi connectivity index (χ4n) is 4.96. The van der Waals surface area contributed by atoms with Crippen molar-refractivity contribution in [3.05, 3.63) is 64.9 Å². The number of anilines is 1. The number of rotatable bonds is 10. The van der Waals surface area contributed by atoms with Crippen molar-refractivity contribution < 1.29 is 22.4 Å². The summed E-state index contributed by atoms with van der Waals surface area (Å²) in [6.07, 6.45) is 4.72. The van der Waals surface area contributed by atoms with E-state index in [1.165, 1.54) is 22.5 Å². The highest BCUT2D eigenvalue weighted by Crippen LogP contribution is 2.33. The molecule has 2 fully saturated rings. The van der Waals surface area contributed by atoms with Crippen LogP contribution in [0.5, 0.6) is 0 Å². The fourth-order valence-corrected chi connectivity index (χ4v) is 6.62. The van der Waals surface area contributed by atoms with Crippen molar-refractivity contribution in [1.29, 1.82) is 0 Å². The summed E-state index contributed by atoms with van der Waals surface area (Å²) in [7, 11) is -3.91. The van der Waals surface area contributed by atoms with Crippen LogP contribution in [-0.4, -0.2) is 49.7 Å². The van der Waals surface area contributed by atoms with E-state index in [4.69, 9.17) is 11.6 Å². The van der Waals surface area contributed by atoms with E-state index in [0.717, 1.165) is 43.1 Å². The zero-order valence-electron chi connectivity index (χ0n) is 21.6. The van der Waals surface area contributed by atoms with Crippen LogP contribution in [0.25, 0.3) is 0 Å². The van der Waals surface area contributed by atoms with Crippen LogP contribution in [0, 0.1) is 11.7 Å². The second-order valence-corrected chi connectivity index (χ2v) is 12.3. The Kier molecular flexibility index (Phi) is 9.07. The first-order chi connectivity index (χ1) is 18.1. The third-order valence-electron chi connectivity index (χ3n) is 7.10. The van der Waals surface area contributed by atoms with Gasteiger partial charge < -0.3 is 5.32 Å². The molecule has 1 heterocycles. The van der Waals surface area contributed by atoms with Crippen molar-refractivity contribution in [2.75, 3.05) is 18.0 Å². The van der Waals surface area contributed by atoms with Crippen molar-refractivity contribution in [2.24, 2.45) is 5.92 Å². The Morgan fingerprint density at radius 1 is 1.11 bits per heavy atom. The number of amides is 2. The first-order valence-corrected chi connectivity index (χ1v) is 14.8. The van der Waals surface area contributed by atoms with E-state index in [0.29, 0.717) is 12.1 Å². The molecule has 0 spiro atoms. The number of carbonyl (C=O) groups excluding carboxylic acids is 2. The Balaban J connectivity index is 1.67. The van der Waals surface area contributed by atoms with Crippen LogP contribution in [0.1, 0.15) is 57.6 Å². The minimum Gasteiger partial charge on any atom is -0.351 e. The van der Waals surface area contributed by atoms with E-state index in [1.54, 1.807) is 24.3 Å². The van der Waals surface area contributed by atoms with Crippen molar-refractivity contribution in [3.63, 3.8) is 0 Å². The van der Waals surface area contributed by atoms with Gasteiger partial charge in [0.05, 0.1) is 6.54 Å². The maximum atomic E-state index is 14.3. The zero-order valence-corrected chi connectivity index (χ0v) is 23.1. The lowest BCUT2D eigenvalue weighted by atomic mass is 9.94. The molecule has 11 heteroatoms. The van der Waals surface area contributed by atoms with E-state index in [1.807, 2.05) is 13.8 Å². The number of nitrogens with one attached hydrogen (secondary N) is 2. The molecule has 1 aliphatic heterocycles. The van der Waals surface area contributed by atoms with E-state index < -0.39 is 40.4 Å². The lowest BCUT2D eigenvalue weighted by molar-refractivity contribution is -0.127. The summed E-state index contributed by atoms with van der Waals surface area (Å²) >= 11 is 6.51. The molecule has 2 aliphatic rings. The predicted octanol–water partition coefficient (Wildman–Crippen LogP) is 4.18. The van der Waals surface area contributed by atoms with Gasteiger partial charge in [0.25, 0.3) is 10.2 Å². The van der Waals surface area contributed by atoms with Crippen LogP contribution in [0.3, 0.4) is 0 Å². The second-order valence-electron chi connectivity index (χ2n) is 10.2. The highest BCUT2D eigenvalue weighted by Gasteiger charge is 2.46. The first kappa shape index (κ1) is 28.5. The molecule has 1 aliphatic carbocycles. The molecule has 8 nitrogen and oxygen atoms in total.